The largest absolute Gasteiger partial charge is 0.493 e. The molecule has 0 heterocycles. The van der Waals surface area contributed by atoms with Crippen molar-refractivity contribution < 1.29 is 9.94 Å². The summed E-state index contributed by atoms with van der Waals surface area (Å²) in [6.07, 6.45) is 1.34. The van der Waals surface area contributed by atoms with Gasteiger partial charge in [-0.05, 0) is 25.1 Å². The molecule has 3 nitrogen and oxygen atoms in total. The van der Waals surface area contributed by atoms with Crippen LogP contribution in [0.2, 0.25) is 0 Å². The van der Waals surface area contributed by atoms with Gasteiger partial charge >= 0.3 is 0 Å². The lowest BCUT2D eigenvalue weighted by atomic mass is 10.2. The predicted octanol–water partition coefficient (Wildman–Crippen LogP) is 2.66. The molecule has 1 aromatic rings. The minimum absolute atomic E-state index is 0.591. The Bertz CT molecular complexity index is 312. The molecule has 0 bridgehead atoms. The molecule has 0 unspecified atom stereocenters. The van der Waals surface area contributed by atoms with Gasteiger partial charge in [0.2, 0.25) is 0 Å². The maximum Gasteiger partial charge on any atom is 0.128 e. The molecule has 1 N–H and O–H groups in total. The van der Waals surface area contributed by atoms with Gasteiger partial charge in [0.1, 0.15) is 5.75 Å². The molecule has 0 amide bonds. The summed E-state index contributed by atoms with van der Waals surface area (Å²) < 4.78 is 6.24. The third-order valence-electron chi connectivity index (χ3n) is 1.47. The molecule has 4 heteroatoms. The van der Waals surface area contributed by atoms with Crippen molar-refractivity contribution in [1.82, 2.24) is 0 Å². The molecule has 0 spiro atoms. The Balaban J connectivity index is 3.03. The number of benzene rings is 1. The third-order valence-corrected chi connectivity index (χ3v) is 1.96. The number of halogens is 1. The van der Waals surface area contributed by atoms with E-state index in [2.05, 4.69) is 21.1 Å². The number of nitrogens with zero attached hydrogens (tertiary/aromatic N) is 1. The van der Waals surface area contributed by atoms with E-state index < -0.39 is 0 Å². The highest BCUT2D eigenvalue weighted by Crippen LogP contribution is 2.21. The van der Waals surface area contributed by atoms with Crippen LogP contribution in [0.5, 0.6) is 5.75 Å². The fourth-order valence-corrected chi connectivity index (χ4v) is 1.35. The molecule has 0 fully saturated rings. The number of ether oxygens (including phenoxy) is 1. The molecule has 1 rings (SSSR count). The highest BCUT2D eigenvalue weighted by Gasteiger charge is 2.01. The van der Waals surface area contributed by atoms with Crippen LogP contribution in [0.1, 0.15) is 12.5 Å². The zero-order chi connectivity index (χ0) is 9.68. The zero-order valence-electron chi connectivity index (χ0n) is 7.20. The first-order valence-electron chi connectivity index (χ1n) is 3.87. The Labute approximate surface area is 85.2 Å². The van der Waals surface area contributed by atoms with Crippen molar-refractivity contribution in [3.8, 4) is 5.75 Å². The van der Waals surface area contributed by atoms with Gasteiger partial charge in [0.05, 0.1) is 12.8 Å². The van der Waals surface area contributed by atoms with Gasteiger partial charge in [-0.2, -0.15) is 0 Å². The van der Waals surface area contributed by atoms with Gasteiger partial charge in [-0.1, -0.05) is 21.1 Å². The Morgan fingerprint density at radius 1 is 1.62 bits per heavy atom. The number of oxime groups is 1. The average Bonchev–Trinajstić information content (AvgIpc) is 2.10. The quantitative estimate of drug-likeness (QED) is 0.504. The van der Waals surface area contributed by atoms with Crippen LogP contribution in [0, 0.1) is 0 Å². The highest BCUT2D eigenvalue weighted by atomic mass is 79.9. The van der Waals surface area contributed by atoms with E-state index in [1.165, 1.54) is 6.21 Å². The van der Waals surface area contributed by atoms with Gasteiger partial charge in [0.25, 0.3) is 0 Å². The second-order valence-electron chi connectivity index (χ2n) is 2.36. The first-order valence-corrected chi connectivity index (χ1v) is 4.67. The SMILES string of the molecule is CCOc1ccc(Br)cc1/C=N\O. The topological polar surface area (TPSA) is 41.8 Å². The monoisotopic (exact) mass is 243 g/mol. The summed E-state index contributed by atoms with van der Waals surface area (Å²) in [7, 11) is 0. The Morgan fingerprint density at radius 3 is 3.00 bits per heavy atom. The summed E-state index contributed by atoms with van der Waals surface area (Å²) in [6.45, 7) is 2.50. The summed E-state index contributed by atoms with van der Waals surface area (Å²) in [4.78, 5) is 0. The second-order valence-corrected chi connectivity index (χ2v) is 3.28. The summed E-state index contributed by atoms with van der Waals surface area (Å²) >= 11 is 3.32. The zero-order valence-corrected chi connectivity index (χ0v) is 8.78. The third kappa shape index (κ3) is 2.73. The van der Waals surface area contributed by atoms with Crippen molar-refractivity contribution >= 4 is 22.1 Å². The van der Waals surface area contributed by atoms with E-state index in [1.807, 2.05) is 25.1 Å². The van der Waals surface area contributed by atoms with Crippen molar-refractivity contribution in [2.75, 3.05) is 6.61 Å². The lowest BCUT2D eigenvalue weighted by Gasteiger charge is -2.06. The van der Waals surface area contributed by atoms with E-state index in [4.69, 9.17) is 9.94 Å². The minimum atomic E-state index is 0.591. The van der Waals surface area contributed by atoms with Gasteiger partial charge in [0, 0.05) is 10.0 Å². The van der Waals surface area contributed by atoms with E-state index in [0.29, 0.717) is 12.4 Å². The van der Waals surface area contributed by atoms with Crippen LogP contribution in [-0.2, 0) is 0 Å². The van der Waals surface area contributed by atoms with Crippen LogP contribution in [0.4, 0.5) is 0 Å². The van der Waals surface area contributed by atoms with Crippen LogP contribution in [0.25, 0.3) is 0 Å². The Hall–Kier alpha value is -1.03. The van der Waals surface area contributed by atoms with Crippen molar-refractivity contribution in [3.05, 3.63) is 28.2 Å². The fraction of sp³-hybridized carbons (Fsp3) is 0.222. The molecule has 0 aliphatic heterocycles. The van der Waals surface area contributed by atoms with Crippen LogP contribution in [-0.4, -0.2) is 18.0 Å². The van der Waals surface area contributed by atoms with Gasteiger partial charge in [-0.3, -0.25) is 0 Å². The first kappa shape index (κ1) is 10.1. The van der Waals surface area contributed by atoms with E-state index in [0.717, 1.165) is 10.0 Å². The molecule has 0 saturated carbocycles. The summed E-state index contributed by atoms with van der Waals surface area (Å²) in [5.74, 6) is 0.712. The first-order chi connectivity index (χ1) is 6.27. The standard InChI is InChI=1S/C9H10BrNO2/c1-2-13-9-4-3-8(10)5-7(9)6-11-12/h3-6,12H,2H2,1H3/b11-6-. The molecule has 13 heavy (non-hydrogen) atoms. The molecular weight excluding hydrogens is 234 g/mol. The number of hydrogen-bond donors (Lipinski definition) is 1. The Morgan fingerprint density at radius 2 is 2.38 bits per heavy atom. The van der Waals surface area contributed by atoms with Crippen LogP contribution >= 0.6 is 15.9 Å². The molecule has 70 valence electrons. The molecule has 0 atom stereocenters. The molecule has 0 aliphatic rings. The number of hydrogen-bond acceptors (Lipinski definition) is 3. The molecule has 0 aliphatic carbocycles. The van der Waals surface area contributed by atoms with Gasteiger partial charge < -0.3 is 9.94 Å². The van der Waals surface area contributed by atoms with Crippen LogP contribution in [0.15, 0.2) is 27.8 Å². The van der Waals surface area contributed by atoms with Gasteiger partial charge in [0.15, 0.2) is 0 Å². The smallest absolute Gasteiger partial charge is 0.128 e. The van der Waals surface area contributed by atoms with Gasteiger partial charge in [-0.15, -0.1) is 0 Å². The minimum Gasteiger partial charge on any atom is -0.493 e. The molecule has 0 saturated heterocycles. The molecule has 0 aromatic heterocycles. The molecular formula is C9H10BrNO2. The number of rotatable bonds is 3. The van der Waals surface area contributed by atoms with Crippen molar-refractivity contribution in [2.24, 2.45) is 5.16 Å². The van der Waals surface area contributed by atoms with Crippen molar-refractivity contribution in [1.29, 1.82) is 0 Å². The van der Waals surface area contributed by atoms with Crippen molar-refractivity contribution in [3.63, 3.8) is 0 Å². The lowest BCUT2D eigenvalue weighted by Crippen LogP contribution is -1.95. The van der Waals surface area contributed by atoms with E-state index in [9.17, 15) is 0 Å². The maximum atomic E-state index is 8.40. The normalized spacial score (nSPS) is 10.6. The van der Waals surface area contributed by atoms with Crippen molar-refractivity contribution in [2.45, 2.75) is 6.92 Å². The maximum absolute atomic E-state index is 8.40. The van der Waals surface area contributed by atoms with E-state index >= 15 is 0 Å². The van der Waals surface area contributed by atoms with Gasteiger partial charge in [-0.25, -0.2) is 0 Å². The van der Waals surface area contributed by atoms with Crippen LogP contribution < -0.4 is 4.74 Å². The molecule has 0 radical (unpaired) electrons. The Kier molecular flexibility index (Phi) is 3.76. The summed E-state index contributed by atoms with van der Waals surface area (Å²) in [6, 6.07) is 5.52. The van der Waals surface area contributed by atoms with E-state index in [-0.39, 0.29) is 0 Å². The highest BCUT2D eigenvalue weighted by molar-refractivity contribution is 9.10. The summed E-state index contributed by atoms with van der Waals surface area (Å²) in [5, 5.41) is 11.4. The summed E-state index contributed by atoms with van der Waals surface area (Å²) in [5.41, 5.74) is 0.749. The second kappa shape index (κ2) is 4.87. The van der Waals surface area contributed by atoms with E-state index in [1.54, 1.807) is 0 Å². The fourth-order valence-electron chi connectivity index (χ4n) is 0.969. The molecule has 1 aromatic carbocycles. The van der Waals surface area contributed by atoms with Crippen LogP contribution in [0.3, 0.4) is 0 Å². The predicted molar refractivity (Wildman–Crippen MR) is 54.7 cm³/mol. The lowest BCUT2D eigenvalue weighted by molar-refractivity contribution is 0.320. The average molecular weight is 244 g/mol.